The van der Waals surface area contributed by atoms with Crippen molar-refractivity contribution in [3.8, 4) is 0 Å². The summed E-state index contributed by atoms with van der Waals surface area (Å²) >= 11 is 18.7. The van der Waals surface area contributed by atoms with Crippen molar-refractivity contribution < 1.29 is 4.39 Å². The summed E-state index contributed by atoms with van der Waals surface area (Å²) in [7, 11) is 0. The van der Waals surface area contributed by atoms with E-state index in [2.05, 4.69) is 37.2 Å². The van der Waals surface area contributed by atoms with E-state index >= 15 is 0 Å². The molecule has 1 nitrogen and oxygen atoms in total. The first-order chi connectivity index (χ1) is 9.00. The first-order valence-corrected chi connectivity index (χ1v) is 7.65. The molecule has 0 heterocycles. The van der Waals surface area contributed by atoms with Crippen LogP contribution in [0.4, 0.5) is 10.1 Å². The molecule has 0 radical (unpaired) electrons. The van der Waals surface area contributed by atoms with Crippen molar-refractivity contribution in [1.82, 2.24) is 0 Å². The van der Waals surface area contributed by atoms with Gasteiger partial charge in [0, 0.05) is 11.0 Å². The highest BCUT2D eigenvalue weighted by Crippen LogP contribution is 2.36. The molecule has 0 saturated heterocycles. The van der Waals surface area contributed by atoms with E-state index in [0.717, 1.165) is 10.0 Å². The molecule has 6 heteroatoms. The predicted octanol–water partition coefficient (Wildman–Crippen LogP) is 6.27. The SMILES string of the molecule is Fc1cccc(CNc2ccc(Br)c(Cl)c2Cl)c1Br. The van der Waals surface area contributed by atoms with E-state index in [9.17, 15) is 4.39 Å². The summed E-state index contributed by atoms with van der Waals surface area (Å²) in [5, 5.41) is 4.01. The van der Waals surface area contributed by atoms with Gasteiger partial charge in [0.1, 0.15) is 5.82 Å². The Balaban J connectivity index is 2.20. The smallest absolute Gasteiger partial charge is 0.137 e. The zero-order chi connectivity index (χ0) is 14.0. The molecular weight excluding hydrogens is 420 g/mol. The Morgan fingerprint density at radius 2 is 1.79 bits per heavy atom. The van der Waals surface area contributed by atoms with Crippen molar-refractivity contribution in [2.24, 2.45) is 0 Å². The fraction of sp³-hybridized carbons (Fsp3) is 0.0769. The second-order valence-corrected chi connectivity index (χ2v) is 6.19. The number of nitrogens with one attached hydrogen (secondary N) is 1. The van der Waals surface area contributed by atoms with Crippen molar-refractivity contribution in [3.05, 3.63) is 60.7 Å². The van der Waals surface area contributed by atoms with Crippen LogP contribution in [-0.2, 0) is 6.54 Å². The zero-order valence-electron chi connectivity index (χ0n) is 9.48. The average Bonchev–Trinajstić information content (AvgIpc) is 2.40. The number of benzene rings is 2. The monoisotopic (exact) mass is 425 g/mol. The number of rotatable bonds is 3. The van der Waals surface area contributed by atoms with E-state index in [1.807, 2.05) is 12.1 Å². The normalized spacial score (nSPS) is 10.6. The Kier molecular flexibility index (Phi) is 5.12. The van der Waals surface area contributed by atoms with Crippen LogP contribution < -0.4 is 5.32 Å². The molecule has 0 bridgehead atoms. The molecule has 0 fully saturated rings. The van der Waals surface area contributed by atoms with E-state index in [0.29, 0.717) is 26.8 Å². The molecule has 2 aromatic carbocycles. The highest BCUT2D eigenvalue weighted by Gasteiger charge is 2.09. The second kappa shape index (κ2) is 6.44. The highest BCUT2D eigenvalue weighted by molar-refractivity contribution is 9.10. The molecule has 0 amide bonds. The number of anilines is 1. The minimum atomic E-state index is -0.292. The van der Waals surface area contributed by atoms with Crippen molar-refractivity contribution >= 4 is 60.7 Å². The third-order valence-electron chi connectivity index (χ3n) is 2.54. The van der Waals surface area contributed by atoms with Crippen LogP contribution in [0.3, 0.4) is 0 Å². The van der Waals surface area contributed by atoms with Crippen LogP contribution in [0.5, 0.6) is 0 Å². The van der Waals surface area contributed by atoms with Crippen LogP contribution in [0.25, 0.3) is 0 Å². The fourth-order valence-corrected chi connectivity index (χ4v) is 2.78. The standard InChI is InChI=1S/C13H8Br2Cl2FN/c14-8-4-5-10(13(17)12(8)16)19-6-7-2-1-3-9(18)11(7)15/h1-5,19H,6H2. The van der Waals surface area contributed by atoms with Gasteiger partial charge in [-0.25, -0.2) is 4.39 Å². The molecule has 0 aliphatic heterocycles. The van der Waals surface area contributed by atoms with Gasteiger partial charge in [-0.1, -0.05) is 35.3 Å². The third-order valence-corrected chi connectivity index (χ3v) is 5.20. The van der Waals surface area contributed by atoms with Crippen molar-refractivity contribution in [3.63, 3.8) is 0 Å². The summed E-state index contributed by atoms with van der Waals surface area (Å²) < 4.78 is 14.6. The van der Waals surface area contributed by atoms with Gasteiger partial charge >= 0.3 is 0 Å². The van der Waals surface area contributed by atoms with E-state index in [4.69, 9.17) is 23.2 Å². The summed E-state index contributed by atoms with van der Waals surface area (Å²) in [6, 6.07) is 8.50. The lowest BCUT2D eigenvalue weighted by atomic mass is 10.2. The second-order valence-electron chi connectivity index (χ2n) is 3.79. The molecule has 2 rings (SSSR count). The van der Waals surface area contributed by atoms with Crippen LogP contribution in [0.1, 0.15) is 5.56 Å². The summed E-state index contributed by atoms with van der Waals surface area (Å²) in [6.07, 6.45) is 0. The van der Waals surface area contributed by atoms with Crippen molar-refractivity contribution in [1.29, 1.82) is 0 Å². The third kappa shape index (κ3) is 3.43. The molecule has 1 N–H and O–H groups in total. The van der Waals surface area contributed by atoms with Crippen molar-refractivity contribution in [2.45, 2.75) is 6.54 Å². The maximum Gasteiger partial charge on any atom is 0.137 e. The molecule has 0 unspecified atom stereocenters. The van der Waals surface area contributed by atoms with Crippen LogP contribution in [0.15, 0.2) is 39.3 Å². The summed E-state index contributed by atoms with van der Waals surface area (Å²) in [5.74, 6) is -0.292. The molecule has 0 spiro atoms. The average molecular weight is 428 g/mol. The summed E-state index contributed by atoms with van der Waals surface area (Å²) in [5.41, 5.74) is 1.50. The van der Waals surface area contributed by atoms with Gasteiger partial charge in [0.15, 0.2) is 0 Å². The van der Waals surface area contributed by atoms with E-state index in [1.165, 1.54) is 6.07 Å². The Bertz CT molecular complexity index is 620. The minimum Gasteiger partial charge on any atom is -0.380 e. The predicted molar refractivity (Wildman–Crippen MR) is 85.6 cm³/mol. The topological polar surface area (TPSA) is 12.0 Å². The minimum absolute atomic E-state index is 0.292. The van der Waals surface area contributed by atoms with Gasteiger partial charge < -0.3 is 5.32 Å². The molecule has 0 aromatic heterocycles. The number of hydrogen-bond acceptors (Lipinski definition) is 1. The highest BCUT2D eigenvalue weighted by atomic mass is 79.9. The molecule has 0 atom stereocenters. The van der Waals surface area contributed by atoms with Crippen LogP contribution in [-0.4, -0.2) is 0 Å². The first-order valence-electron chi connectivity index (χ1n) is 5.31. The van der Waals surface area contributed by atoms with E-state index < -0.39 is 0 Å². The van der Waals surface area contributed by atoms with E-state index in [1.54, 1.807) is 12.1 Å². The fourth-order valence-electron chi connectivity index (χ4n) is 1.54. The van der Waals surface area contributed by atoms with Gasteiger partial charge in [-0.2, -0.15) is 0 Å². The summed E-state index contributed by atoms with van der Waals surface area (Å²) in [4.78, 5) is 0. The largest absolute Gasteiger partial charge is 0.380 e. The van der Waals surface area contributed by atoms with Gasteiger partial charge in [0.25, 0.3) is 0 Å². The maximum atomic E-state index is 13.4. The lowest BCUT2D eigenvalue weighted by Crippen LogP contribution is -2.01. The molecule has 100 valence electrons. The molecule has 0 aliphatic rings. The number of hydrogen-bond donors (Lipinski definition) is 1. The number of halogens is 5. The molecule has 2 aromatic rings. The Labute approximate surface area is 137 Å². The maximum absolute atomic E-state index is 13.4. The van der Waals surface area contributed by atoms with Gasteiger partial charge in [-0.05, 0) is 55.6 Å². The van der Waals surface area contributed by atoms with Crippen LogP contribution in [0, 0.1) is 5.82 Å². The quantitative estimate of drug-likeness (QED) is 0.569. The van der Waals surface area contributed by atoms with Crippen LogP contribution >= 0.6 is 55.1 Å². The van der Waals surface area contributed by atoms with Crippen LogP contribution in [0.2, 0.25) is 10.0 Å². The van der Waals surface area contributed by atoms with Gasteiger partial charge in [0.05, 0.1) is 20.2 Å². The Hall–Kier alpha value is -0.290. The molecule has 0 saturated carbocycles. The zero-order valence-corrected chi connectivity index (χ0v) is 14.2. The first kappa shape index (κ1) is 15.1. The van der Waals surface area contributed by atoms with Gasteiger partial charge in [-0.3, -0.25) is 0 Å². The lowest BCUT2D eigenvalue weighted by Gasteiger charge is -2.11. The molecule has 19 heavy (non-hydrogen) atoms. The van der Waals surface area contributed by atoms with Crippen molar-refractivity contribution in [2.75, 3.05) is 5.32 Å². The van der Waals surface area contributed by atoms with Gasteiger partial charge in [-0.15, -0.1) is 0 Å². The Morgan fingerprint density at radius 1 is 1.05 bits per heavy atom. The van der Waals surface area contributed by atoms with Gasteiger partial charge in [0.2, 0.25) is 0 Å². The molecule has 0 aliphatic carbocycles. The molecular formula is C13H8Br2Cl2FN. The summed E-state index contributed by atoms with van der Waals surface area (Å²) in [6.45, 7) is 0.441. The lowest BCUT2D eigenvalue weighted by molar-refractivity contribution is 0.618. The van der Waals surface area contributed by atoms with E-state index in [-0.39, 0.29) is 5.82 Å². The Morgan fingerprint density at radius 3 is 2.53 bits per heavy atom.